The first kappa shape index (κ1) is 23.3. The number of benzene rings is 2. The molecule has 0 atom stereocenters. The monoisotopic (exact) mass is 510 g/mol. The fourth-order valence-corrected chi connectivity index (χ4v) is 4.10. The molecular weight excluding hydrogens is 492 g/mol. The van der Waals surface area contributed by atoms with E-state index in [4.69, 9.17) is 9.47 Å². The molecule has 0 unspecified atom stereocenters. The number of nitriles is 1. The van der Waals surface area contributed by atoms with Gasteiger partial charge < -0.3 is 14.8 Å². The van der Waals surface area contributed by atoms with E-state index in [0.29, 0.717) is 21.9 Å². The topological polar surface area (TPSA) is 88.4 Å². The zero-order chi connectivity index (χ0) is 23.1. The molecule has 1 amide bonds. The molecule has 0 saturated heterocycles. The number of nitrogens with zero attached hydrogens (tertiary/aromatic N) is 1. The molecule has 0 spiro atoms. The van der Waals surface area contributed by atoms with Crippen LogP contribution in [0, 0.1) is 11.3 Å². The van der Waals surface area contributed by atoms with E-state index < -0.39 is 11.9 Å². The van der Waals surface area contributed by atoms with E-state index in [1.807, 2.05) is 30.3 Å². The number of methoxy groups -OCH3 is 1. The predicted molar refractivity (Wildman–Crippen MR) is 129 cm³/mol. The zero-order valence-corrected chi connectivity index (χ0v) is 19.7. The maximum atomic E-state index is 12.8. The maximum Gasteiger partial charge on any atom is 0.341 e. The van der Waals surface area contributed by atoms with E-state index in [2.05, 4.69) is 21.2 Å². The number of anilines is 1. The number of thiophene rings is 1. The summed E-state index contributed by atoms with van der Waals surface area (Å²) in [5.41, 5.74) is 2.29. The van der Waals surface area contributed by atoms with Crippen LogP contribution in [0.3, 0.4) is 0 Å². The van der Waals surface area contributed by atoms with Gasteiger partial charge in [0.25, 0.3) is 5.91 Å². The predicted octanol–water partition coefficient (Wildman–Crippen LogP) is 5.91. The van der Waals surface area contributed by atoms with Gasteiger partial charge in [-0.15, -0.1) is 11.3 Å². The molecule has 0 bridgehead atoms. The molecule has 8 heteroatoms. The van der Waals surface area contributed by atoms with Crippen LogP contribution in [0.2, 0.25) is 0 Å². The van der Waals surface area contributed by atoms with Crippen LogP contribution in [0.15, 0.2) is 64.0 Å². The van der Waals surface area contributed by atoms with Gasteiger partial charge in [0.1, 0.15) is 28.0 Å². The number of hydrogen-bond acceptors (Lipinski definition) is 6. The van der Waals surface area contributed by atoms with Crippen molar-refractivity contribution >= 4 is 50.2 Å². The van der Waals surface area contributed by atoms with Gasteiger partial charge in [0.2, 0.25) is 0 Å². The second-order valence-corrected chi connectivity index (χ2v) is 8.27. The fourth-order valence-electron chi connectivity index (χ4n) is 2.88. The summed E-state index contributed by atoms with van der Waals surface area (Å²) in [6.07, 6.45) is 1.47. The molecule has 0 radical (unpaired) electrons. The normalized spacial score (nSPS) is 10.9. The van der Waals surface area contributed by atoms with Gasteiger partial charge in [-0.1, -0.05) is 40.2 Å². The van der Waals surface area contributed by atoms with Crippen molar-refractivity contribution in [1.82, 2.24) is 0 Å². The van der Waals surface area contributed by atoms with Crippen molar-refractivity contribution < 1.29 is 19.1 Å². The van der Waals surface area contributed by atoms with Crippen LogP contribution >= 0.6 is 27.3 Å². The minimum atomic E-state index is -0.613. The first-order valence-corrected chi connectivity index (χ1v) is 11.3. The Labute approximate surface area is 198 Å². The van der Waals surface area contributed by atoms with Gasteiger partial charge in [0.05, 0.1) is 13.7 Å². The Morgan fingerprint density at radius 3 is 2.44 bits per heavy atom. The van der Waals surface area contributed by atoms with E-state index in [1.54, 1.807) is 43.7 Å². The summed E-state index contributed by atoms with van der Waals surface area (Å²) in [5.74, 6) is -0.485. The van der Waals surface area contributed by atoms with E-state index in [0.717, 1.165) is 10.0 Å². The number of esters is 1. The molecule has 3 rings (SSSR count). The Morgan fingerprint density at radius 2 is 1.84 bits per heavy atom. The molecule has 2 aromatic carbocycles. The highest BCUT2D eigenvalue weighted by Crippen LogP contribution is 2.37. The smallest absolute Gasteiger partial charge is 0.341 e. The molecule has 0 fully saturated rings. The van der Waals surface area contributed by atoms with E-state index in [9.17, 15) is 14.9 Å². The minimum absolute atomic E-state index is 0.0939. The van der Waals surface area contributed by atoms with Crippen LogP contribution in [0.25, 0.3) is 17.2 Å². The third kappa shape index (κ3) is 5.44. The molecule has 32 heavy (non-hydrogen) atoms. The van der Waals surface area contributed by atoms with Gasteiger partial charge in [0.15, 0.2) is 0 Å². The van der Waals surface area contributed by atoms with Crippen LogP contribution < -0.4 is 10.1 Å². The Kier molecular flexibility index (Phi) is 7.82. The van der Waals surface area contributed by atoms with Crippen LogP contribution in [0.1, 0.15) is 22.8 Å². The third-order valence-electron chi connectivity index (χ3n) is 4.44. The number of amides is 1. The number of hydrogen-bond donors (Lipinski definition) is 1. The standard InChI is InChI=1S/C24H19BrN2O4S/c1-3-31-24(29)21-20(16-6-8-18(25)9-7-16)14-32-23(21)27-22(28)17(13-26)12-15-4-10-19(30-2)11-5-15/h4-12,14H,3H2,1-2H3,(H,27,28). The molecule has 0 aliphatic heterocycles. The molecule has 162 valence electrons. The molecule has 6 nitrogen and oxygen atoms in total. The van der Waals surface area contributed by atoms with Crippen molar-refractivity contribution in [2.24, 2.45) is 0 Å². The number of ether oxygens (including phenoxy) is 2. The lowest BCUT2D eigenvalue weighted by Gasteiger charge is -2.09. The Balaban J connectivity index is 1.93. The summed E-state index contributed by atoms with van der Waals surface area (Å²) in [6, 6.07) is 16.3. The Morgan fingerprint density at radius 1 is 1.16 bits per heavy atom. The highest BCUT2D eigenvalue weighted by molar-refractivity contribution is 9.10. The van der Waals surface area contributed by atoms with Gasteiger partial charge in [0, 0.05) is 15.4 Å². The lowest BCUT2D eigenvalue weighted by Crippen LogP contribution is -2.16. The van der Waals surface area contributed by atoms with Crippen molar-refractivity contribution in [3.63, 3.8) is 0 Å². The van der Waals surface area contributed by atoms with E-state index >= 15 is 0 Å². The highest BCUT2D eigenvalue weighted by atomic mass is 79.9. The van der Waals surface area contributed by atoms with E-state index in [-0.39, 0.29) is 17.7 Å². The van der Waals surface area contributed by atoms with Crippen LogP contribution in [0.5, 0.6) is 5.75 Å². The molecule has 3 aromatic rings. The summed E-state index contributed by atoms with van der Waals surface area (Å²) >= 11 is 4.60. The van der Waals surface area contributed by atoms with Gasteiger partial charge in [-0.2, -0.15) is 5.26 Å². The number of nitrogens with one attached hydrogen (secondary N) is 1. The van der Waals surface area contributed by atoms with Crippen molar-refractivity contribution in [1.29, 1.82) is 5.26 Å². The summed E-state index contributed by atoms with van der Waals surface area (Å²) in [6.45, 7) is 1.91. The number of carbonyl (C=O) groups is 2. The first-order chi connectivity index (χ1) is 15.5. The maximum absolute atomic E-state index is 12.8. The highest BCUT2D eigenvalue weighted by Gasteiger charge is 2.23. The minimum Gasteiger partial charge on any atom is -0.497 e. The molecule has 0 aliphatic rings. The number of halogens is 1. The van der Waals surface area contributed by atoms with Gasteiger partial charge in [-0.3, -0.25) is 4.79 Å². The molecule has 0 saturated carbocycles. The van der Waals surface area contributed by atoms with E-state index in [1.165, 1.54) is 17.4 Å². The summed E-state index contributed by atoms with van der Waals surface area (Å²) in [5, 5.41) is 14.3. The lowest BCUT2D eigenvalue weighted by atomic mass is 10.0. The third-order valence-corrected chi connectivity index (χ3v) is 5.87. The SMILES string of the molecule is CCOC(=O)c1c(-c2ccc(Br)cc2)csc1NC(=O)C(C#N)=Cc1ccc(OC)cc1. The van der Waals surface area contributed by atoms with Gasteiger partial charge in [-0.25, -0.2) is 4.79 Å². The van der Waals surface area contributed by atoms with Gasteiger partial charge >= 0.3 is 5.97 Å². The van der Waals surface area contributed by atoms with Crippen molar-refractivity contribution in [2.45, 2.75) is 6.92 Å². The number of carbonyl (C=O) groups excluding carboxylic acids is 2. The van der Waals surface area contributed by atoms with Gasteiger partial charge in [-0.05, 0) is 48.4 Å². The molecular formula is C24H19BrN2O4S. The molecule has 1 aromatic heterocycles. The number of rotatable bonds is 7. The first-order valence-electron chi connectivity index (χ1n) is 9.58. The molecule has 0 aliphatic carbocycles. The van der Waals surface area contributed by atoms with Crippen molar-refractivity contribution in [3.8, 4) is 22.9 Å². The summed E-state index contributed by atoms with van der Waals surface area (Å²) < 4.78 is 11.2. The van der Waals surface area contributed by atoms with Crippen LogP contribution in [0.4, 0.5) is 5.00 Å². The lowest BCUT2D eigenvalue weighted by molar-refractivity contribution is -0.112. The van der Waals surface area contributed by atoms with Crippen LogP contribution in [-0.2, 0) is 9.53 Å². The second kappa shape index (κ2) is 10.8. The molecule has 1 heterocycles. The Bertz CT molecular complexity index is 1190. The quantitative estimate of drug-likeness (QED) is 0.242. The summed E-state index contributed by atoms with van der Waals surface area (Å²) in [4.78, 5) is 25.5. The largest absolute Gasteiger partial charge is 0.497 e. The zero-order valence-electron chi connectivity index (χ0n) is 17.3. The van der Waals surface area contributed by atoms with Crippen LogP contribution in [-0.4, -0.2) is 25.6 Å². The van der Waals surface area contributed by atoms with Crippen molar-refractivity contribution in [2.75, 3.05) is 19.0 Å². The average Bonchev–Trinajstić information content (AvgIpc) is 3.22. The van der Waals surface area contributed by atoms with Crippen molar-refractivity contribution in [3.05, 3.63) is 75.1 Å². The fraction of sp³-hybridized carbons (Fsp3) is 0.125. The second-order valence-electron chi connectivity index (χ2n) is 6.48. The Hall–Kier alpha value is -3.41. The molecule has 1 N–H and O–H groups in total. The summed E-state index contributed by atoms with van der Waals surface area (Å²) in [7, 11) is 1.56. The average molecular weight is 511 g/mol.